The number of hydrogen-bond acceptors (Lipinski definition) is 6. The molecule has 2 bridgehead atoms. The zero-order chi connectivity index (χ0) is 17.6. The van der Waals surface area contributed by atoms with Crippen molar-refractivity contribution < 1.29 is 14.4 Å². The summed E-state index contributed by atoms with van der Waals surface area (Å²) in [6.07, 6.45) is 6.76. The highest BCUT2D eigenvalue weighted by Crippen LogP contribution is 2.44. The van der Waals surface area contributed by atoms with Gasteiger partial charge in [0.25, 0.3) is 0 Å². The normalized spacial score (nSPS) is 29.1. The second-order valence-corrected chi connectivity index (χ2v) is 7.23. The summed E-state index contributed by atoms with van der Waals surface area (Å²) in [6.45, 7) is 2.09. The van der Waals surface area contributed by atoms with Gasteiger partial charge in [-0.15, -0.1) is 0 Å². The van der Waals surface area contributed by atoms with E-state index in [1.54, 1.807) is 19.2 Å². The summed E-state index contributed by atoms with van der Waals surface area (Å²) < 4.78 is 6.85. The van der Waals surface area contributed by atoms with Gasteiger partial charge in [-0.25, -0.2) is 4.98 Å². The van der Waals surface area contributed by atoms with Gasteiger partial charge < -0.3 is 19.5 Å². The Morgan fingerprint density at radius 3 is 2.72 bits per heavy atom. The fraction of sp³-hybridized carbons (Fsp3) is 0.588. The van der Waals surface area contributed by atoms with Crippen molar-refractivity contribution in [1.29, 1.82) is 0 Å². The van der Waals surface area contributed by atoms with Crippen LogP contribution in [-0.2, 0) is 17.4 Å². The number of aromatic nitrogens is 3. The average molecular weight is 345 g/mol. The predicted molar refractivity (Wildman–Crippen MR) is 89.7 cm³/mol. The molecule has 0 unspecified atom stereocenters. The van der Waals surface area contributed by atoms with Crippen LogP contribution in [0.1, 0.15) is 37.3 Å². The minimum absolute atomic E-state index is 0.104. The molecule has 1 amide bonds. The van der Waals surface area contributed by atoms with E-state index in [0.717, 1.165) is 12.8 Å². The summed E-state index contributed by atoms with van der Waals surface area (Å²) in [6, 6.07) is 2.07. The first-order chi connectivity index (χ1) is 11.9. The van der Waals surface area contributed by atoms with Gasteiger partial charge in [0.15, 0.2) is 5.82 Å². The van der Waals surface area contributed by atoms with Crippen molar-refractivity contribution in [2.24, 2.45) is 7.05 Å². The Morgan fingerprint density at radius 1 is 1.44 bits per heavy atom. The number of aliphatic hydroxyl groups is 1. The summed E-state index contributed by atoms with van der Waals surface area (Å²) in [5.74, 6) is 1.71. The van der Waals surface area contributed by atoms with E-state index in [1.165, 1.54) is 0 Å². The van der Waals surface area contributed by atoms with E-state index in [9.17, 15) is 9.90 Å². The molecule has 8 nitrogen and oxygen atoms in total. The topological polar surface area (TPSA) is 96.4 Å². The molecule has 0 aromatic carbocycles. The highest BCUT2D eigenvalue weighted by atomic mass is 16.5. The third-order valence-electron chi connectivity index (χ3n) is 5.38. The van der Waals surface area contributed by atoms with Crippen LogP contribution in [0.15, 0.2) is 23.0 Å². The number of carbonyl (C=O) groups excluding carboxylic acids is 1. The lowest BCUT2D eigenvalue weighted by atomic mass is 9.85. The van der Waals surface area contributed by atoms with E-state index in [4.69, 9.17) is 4.52 Å². The number of carbonyl (C=O) groups is 1. The van der Waals surface area contributed by atoms with Crippen molar-refractivity contribution in [1.82, 2.24) is 19.6 Å². The lowest BCUT2D eigenvalue weighted by molar-refractivity contribution is -0.121. The minimum atomic E-state index is -0.916. The molecule has 2 atom stereocenters. The van der Waals surface area contributed by atoms with E-state index in [0.29, 0.717) is 36.8 Å². The third kappa shape index (κ3) is 2.96. The van der Waals surface area contributed by atoms with Gasteiger partial charge in [0.05, 0.1) is 6.54 Å². The summed E-state index contributed by atoms with van der Waals surface area (Å²) in [5.41, 5.74) is -0.916. The van der Waals surface area contributed by atoms with Crippen molar-refractivity contribution in [3.8, 4) is 0 Å². The van der Waals surface area contributed by atoms with Crippen LogP contribution in [0, 0.1) is 6.92 Å². The number of hydrogen-bond donors (Lipinski definition) is 2. The molecule has 2 aromatic heterocycles. The van der Waals surface area contributed by atoms with Gasteiger partial charge in [0.2, 0.25) is 5.91 Å². The van der Waals surface area contributed by atoms with Crippen LogP contribution in [-0.4, -0.2) is 49.2 Å². The maximum Gasteiger partial charge on any atom is 0.239 e. The van der Waals surface area contributed by atoms with E-state index in [2.05, 4.69) is 20.4 Å². The van der Waals surface area contributed by atoms with Crippen molar-refractivity contribution in [3.05, 3.63) is 30.0 Å². The number of amides is 1. The molecule has 4 rings (SSSR count). The van der Waals surface area contributed by atoms with Crippen molar-refractivity contribution in [2.75, 3.05) is 11.9 Å². The molecule has 8 heteroatoms. The summed E-state index contributed by atoms with van der Waals surface area (Å²) in [7, 11) is 1.90. The van der Waals surface area contributed by atoms with Crippen molar-refractivity contribution in [2.45, 2.75) is 50.3 Å². The lowest BCUT2D eigenvalue weighted by Gasteiger charge is -2.43. The number of fused-ring (bicyclic) bond motifs is 2. The van der Waals surface area contributed by atoms with Gasteiger partial charge >= 0.3 is 0 Å². The molecule has 25 heavy (non-hydrogen) atoms. The maximum atomic E-state index is 12.3. The van der Waals surface area contributed by atoms with Gasteiger partial charge in [-0.05, 0) is 32.6 Å². The first kappa shape index (κ1) is 16.3. The second kappa shape index (κ2) is 5.96. The van der Waals surface area contributed by atoms with Gasteiger partial charge in [0.1, 0.15) is 17.2 Å². The van der Waals surface area contributed by atoms with Crippen molar-refractivity contribution >= 4 is 11.7 Å². The molecule has 0 saturated carbocycles. The summed E-state index contributed by atoms with van der Waals surface area (Å²) in [4.78, 5) is 18.9. The zero-order valence-electron chi connectivity index (χ0n) is 14.5. The first-order valence-corrected chi connectivity index (χ1v) is 8.64. The zero-order valence-corrected chi connectivity index (χ0v) is 14.5. The third-order valence-corrected chi connectivity index (χ3v) is 5.38. The molecule has 0 aliphatic carbocycles. The number of nitrogens with zero attached hydrogens (tertiary/aromatic N) is 4. The Hall–Kier alpha value is -2.19. The fourth-order valence-electron chi connectivity index (χ4n) is 4.34. The van der Waals surface area contributed by atoms with Crippen LogP contribution in [0.2, 0.25) is 0 Å². The molecular formula is C17H23N5O3. The number of piperidine rings is 1. The highest BCUT2D eigenvalue weighted by molar-refractivity contribution is 5.91. The van der Waals surface area contributed by atoms with E-state index >= 15 is 0 Å². The Labute approximate surface area is 145 Å². The SMILES string of the molecule is Cc1cc(NC(=O)CN2[C@H]3CC[C@H]2CC(O)(c2nccn2C)C3)no1. The molecule has 2 fully saturated rings. The predicted octanol–water partition coefficient (Wildman–Crippen LogP) is 1.17. The standard InChI is InChI=1S/C17H23N5O3/c1-11-7-14(20-25-11)19-15(23)10-22-12-3-4-13(22)9-17(24,8-12)16-18-5-6-21(16)2/h5-7,12-13,24H,3-4,8-10H2,1-2H3,(H,19,20,23)/t12-,13-/m0/s1. The van der Waals surface area contributed by atoms with Gasteiger partial charge in [-0.2, -0.15) is 0 Å². The van der Waals surface area contributed by atoms with Crippen LogP contribution in [0.4, 0.5) is 5.82 Å². The second-order valence-electron chi connectivity index (χ2n) is 7.23. The van der Waals surface area contributed by atoms with Crippen LogP contribution >= 0.6 is 0 Å². The Kier molecular flexibility index (Phi) is 3.88. The summed E-state index contributed by atoms with van der Waals surface area (Å²) >= 11 is 0. The Balaban J connectivity index is 1.44. The number of imidazole rings is 1. The van der Waals surface area contributed by atoms with Gasteiger partial charge in [-0.1, -0.05) is 5.16 Å². The monoisotopic (exact) mass is 345 g/mol. The number of anilines is 1. The largest absolute Gasteiger partial charge is 0.382 e. The maximum absolute atomic E-state index is 12.3. The highest BCUT2D eigenvalue weighted by Gasteiger charge is 2.50. The molecule has 2 N–H and O–H groups in total. The first-order valence-electron chi connectivity index (χ1n) is 8.64. The van der Waals surface area contributed by atoms with Crippen LogP contribution in [0.5, 0.6) is 0 Å². The molecule has 4 heterocycles. The fourth-order valence-corrected chi connectivity index (χ4v) is 4.34. The molecule has 134 valence electrons. The van der Waals surface area contributed by atoms with E-state index < -0.39 is 5.60 Å². The molecule has 0 spiro atoms. The molecule has 2 aliphatic heterocycles. The van der Waals surface area contributed by atoms with E-state index in [-0.39, 0.29) is 18.0 Å². The number of rotatable bonds is 4. The minimum Gasteiger partial charge on any atom is -0.382 e. The van der Waals surface area contributed by atoms with Crippen molar-refractivity contribution in [3.63, 3.8) is 0 Å². The van der Waals surface area contributed by atoms with Crippen LogP contribution in [0.25, 0.3) is 0 Å². The molecular weight excluding hydrogens is 322 g/mol. The Bertz CT molecular complexity index is 769. The molecule has 0 radical (unpaired) electrons. The molecule has 2 saturated heterocycles. The lowest BCUT2D eigenvalue weighted by Crippen LogP contribution is -2.52. The van der Waals surface area contributed by atoms with Crippen LogP contribution in [0.3, 0.4) is 0 Å². The van der Waals surface area contributed by atoms with Crippen LogP contribution < -0.4 is 5.32 Å². The Morgan fingerprint density at radius 2 is 2.16 bits per heavy atom. The average Bonchev–Trinajstić information content (AvgIpc) is 3.21. The summed E-state index contributed by atoms with van der Waals surface area (Å²) in [5, 5.41) is 17.7. The van der Waals surface area contributed by atoms with Gasteiger partial charge in [0, 0.05) is 37.6 Å². The number of aryl methyl sites for hydroxylation is 2. The smallest absolute Gasteiger partial charge is 0.239 e. The molecule has 2 aromatic rings. The number of nitrogens with one attached hydrogen (secondary N) is 1. The van der Waals surface area contributed by atoms with Gasteiger partial charge in [-0.3, -0.25) is 9.69 Å². The molecule has 2 aliphatic rings. The van der Waals surface area contributed by atoms with E-state index in [1.807, 2.05) is 17.8 Å². The quantitative estimate of drug-likeness (QED) is 0.863.